The largest absolute Gasteiger partial charge is 0.349 e. The molecule has 2 unspecified atom stereocenters. The number of nitrogens with one attached hydrogen (secondary N) is 2. The maximum absolute atomic E-state index is 13.5. The van der Waals surface area contributed by atoms with E-state index in [-0.39, 0.29) is 23.7 Å². The van der Waals surface area contributed by atoms with Gasteiger partial charge >= 0.3 is 0 Å². The van der Waals surface area contributed by atoms with Crippen LogP contribution in [0.25, 0.3) is 0 Å². The van der Waals surface area contributed by atoms with Gasteiger partial charge in [-0.2, -0.15) is 0 Å². The lowest BCUT2D eigenvalue weighted by Crippen LogP contribution is -2.36. The summed E-state index contributed by atoms with van der Waals surface area (Å²) in [6, 6.07) is 6.16. The molecule has 0 aliphatic heterocycles. The fraction of sp³-hybridized carbons (Fsp3) is 0.462. The quantitative estimate of drug-likeness (QED) is 0.822. The Morgan fingerprint density at radius 3 is 2.59 bits per heavy atom. The third-order valence-electron chi connectivity index (χ3n) is 2.69. The number of rotatable bonds is 5. The summed E-state index contributed by atoms with van der Waals surface area (Å²) >= 11 is 0. The molecule has 0 saturated carbocycles. The SMILES string of the molecule is CNCC(C)C(=O)NC(C)c1ccccc1F. The van der Waals surface area contributed by atoms with Crippen molar-refractivity contribution in [2.75, 3.05) is 13.6 Å². The van der Waals surface area contributed by atoms with Crippen LogP contribution in [0.4, 0.5) is 4.39 Å². The van der Waals surface area contributed by atoms with Crippen LogP contribution in [-0.4, -0.2) is 19.5 Å². The highest BCUT2D eigenvalue weighted by Crippen LogP contribution is 2.16. The van der Waals surface area contributed by atoms with Gasteiger partial charge < -0.3 is 10.6 Å². The minimum Gasteiger partial charge on any atom is -0.349 e. The van der Waals surface area contributed by atoms with Crippen molar-refractivity contribution in [1.29, 1.82) is 0 Å². The normalized spacial score (nSPS) is 14.1. The van der Waals surface area contributed by atoms with Crippen molar-refractivity contribution in [2.45, 2.75) is 19.9 Å². The van der Waals surface area contributed by atoms with E-state index < -0.39 is 0 Å². The van der Waals surface area contributed by atoms with Gasteiger partial charge in [-0.3, -0.25) is 4.79 Å². The van der Waals surface area contributed by atoms with Crippen LogP contribution < -0.4 is 10.6 Å². The van der Waals surface area contributed by atoms with Gasteiger partial charge in [-0.15, -0.1) is 0 Å². The molecular weight excluding hydrogens is 219 g/mol. The molecule has 1 amide bonds. The standard InChI is InChI=1S/C13H19FN2O/c1-9(8-15-3)13(17)16-10(2)11-6-4-5-7-12(11)14/h4-7,9-10,15H,8H2,1-3H3,(H,16,17). The first-order valence-electron chi connectivity index (χ1n) is 5.75. The van der Waals surface area contributed by atoms with Crippen molar-refractivity contribution in [2.24, 2.45) is 5.92 Å². The summed E-state index contributed by atoms with van der Waals surface area (Å²) in [5.74, 6) is -0.495. The predicted molar refractivity (Wildman–Crippen MR) is 66.0 cm³/mol. The lowest BCUT2D eigenvalue weighted by atomic mass is 10.1. The molecule has 0 heterocycles. The van der Waals surface area contributed by atoms with Gasteiger partial charge in [0.25, 0.3) is 0 Å². The summed E-state index contributed by atoms with van der Waals surface area (Å²) in [4.78, 5) is 11.8. The number of hydrogen-bond acceptors (Lipinski definition) is 2. The predicted octanol–water partition coefficient (Wildman–Crippen LogP) is 1.86. The molecule has 0 radical (unpaired) electrons. The summed E-state index contributed by atoms with van der Waals surface area (Å²) in [5, 5.41) is 5.74. The first kappa shape index (κ1) is 13.6. The Kier molecular flexibility index (Phi) is 5.10. The molecule has 1 aromatic rings. The second-order valence-corrected chi connectivity index (χ2v) is 4.21. The minimum atomic E-state index is -0.317. The molecule has 94 valence electrons. The Balaban J connectivity index is 2.63. The second-order valence-electron chi connectivity index (χ2n) is 4.21. The van der Waals surface area contributed by atoms with Crippen molar-refractivity contribution in [3.63, 3.8) is 0 Å². The van der Waals surface area contributed by atoms with Gasteiger partial charge in [0, 0.05) is 18.0 Å². The van der Waals surface area contributed by atoms with Crippen molar-refractivity contribution < 1.29 is 9.18 Å². The number of halogens is 1. The molecule has 3 nitrogen and oxygen atoms in total. The zero-order chi connectivity index (χ0) is 12.8. The van der Waals surface area contributed by atoms with Crippen LogP contribution in [0.5, 0.6) is 0 Å². The van der Waals surface area contributed by atoms with E-state index >= 15 is 0 Å². The fourth-order valence-corrected chi connectivity index (χ4v) is 1.66. The Morgan fingerprint density at radius 2 is 2.00 bits per heavy atom. The maximum atomic E-state index is 13.5. The number of carbonyl (C=O) groups excluding carboxylic acids is 1. The van der Waals surface area contributed by atoms with Crippen molar-refractivity contribution >= 4 is 5.91 Å². The van der Waals surface area contributed by atoms with Gasteiger partial charge in [-0.05, 0) is 20.0 Å². The zero-order valence-corrected chi connectivity index (χ0v) is 10.5. The molecule has 2 atom stereocenters. The van der Waals surface area contributed by atoms with Crippen LogP contribution in [0.15, 0.2) is 24.3 Å². The molecule has 0 saturated heterocycles. The molecular formula is C13H19FN2O. The lowest BCUT2D eigenvalue weighted by Gasteiger charge is -2.18. The van der Waals surface area contributed by atoms with E-state index in [1.165, 1.54) is 6.07 Å². The molecule has 0 aliphatic rings. The van der Waals surface area contributed by atoms with E-state index in [0.717, 1.165) is 0 Å². The van der Waals surface area contributed by atoms with E-state index in [2.05, 4.69) is 10.6 Å². The van der Waals surface area contributed by atoms with Gasteiger partial charge in [0.1, 0.15) is 5.82 Å². The molecule has 0 bridgehead atoms. The Bertz CT molecular complexity index is 381. The van der Waals surface area contributed by atoms with E-state index in [4.69, 9.17) is 0 Å². The van der Waals surface area contributed by atoms with Crippen LogP contribution in [-0.2, 0) is 4.79 Å². The molecule has 1 aromatic carbocycles. The van der Waals surface area contributed by atoms with Gasteiger partial charge in [0.05, 0.1) is 6.04 Å². The molecule has 2 N–H and O–H groups in total. The monoisotopic (exact) mass is 238 g/mol. The summed E-state index contributed by atoms with van der Waals surface area (Å²) in [7, 11) is 1.80. The zero-order valence-electron chi connectivity index (χ0n) is 10.5. The fourth-order valence-electron chi connectivity index (χ4n) is 1.66. The number of carbonyl (C=O) groups is 1. The average Bonchev–Trinajstić information content (AvgIpc) is 2.29. The molecule has 0 spiro atoms. The first-order chi connectivity index (χ1) is 8.06. The average molecular weight is 238 g/mol. The highest BCUT2D eigenvalue weighted by atomic mass is 19.1. The van der Waals surface area contributed by atoms with Crippen LogP contribution in [0, 0.1) is 11.7 Å². The number of amides is 1. The van der Waals surface area contributed by atoms with Crippen LogP contribution in [0.2, 0.25) is 0 Å². The Hall–Kier alpha value is -1.42. The van der Waals surface area contributed by atoms with E-state index in [1.807, 2.05) is 6.92 Å². The summed E-state index contributed by atoms with van der Waals surface area (Å²) in [6.07, 6.45) is 0. The number of benzene rings is 1. The summed E-state index contributed by atoms with van der Waals surface area (Å²) in [5.41, 5.74) is 0.512. The summed E-state index contributed by atoms with van der Waals surface area (Å²) in [6.45, 7) is 4.22. The maximum Gasteiger partial charge on any atom is 0.224 e. The van der Waals surface area contributed by atoms with Crippen molar-refractivity contribution in [1.82, 2.24) is 10.6 Å². The van der Waals surface area contributed by atoms with Gasteiger partial charge in [0.15, 0.2) is 0 Å². The molecule has 1 rings (SSSR count). The lowest BCUT2D eigenvalue weighted by molar-refractivity contribution is -0.125. The topological polar surface area (TPSA) is 41.1 Å². The minimum absolute atomic E-state index is 0.0740. The van der Waals surface area contributed by atoms with Crippen molar-refractivity contribution in [3.8, 4) is 0 Å². The molecule has 0 aliphatic carbocycles. The van der Waals surface area contributed by atoms with Gasteiger partial charge in [0.2, 0.25) is 5.91 Å². The highest BCUT2D eigenvalue weighted by Gasteiger charge is 2.17. The van der Waals surface area contributed by atoms with E-state index in [1.54, 1.807) is 32.2 Å². The molecule has 0 aromatic heterocycles. The third kappa shape index (κ3) is 3.82. The van der Waals surface area contributed by atoms with E-state index in [0.29, 0.717) is 12.1 Å². The molecule has 4 heteroatoms. The van der Waals surface area contributed by atoms with Gasteiger partial charge in [-0.1, -0.05) is 25.1 Å². The van der Waals surface area contributed by atoms with Crippen LogP contribution in [0.1, 0.15) is 25.5 Å². The second kappa shape index (κ2) is 6.35. The summed E-state index contributed by atoms with van der Waals surface area (Å²) < 4.78 is 13.5. The first-order valence-corrected chi connectivity index (χ1v) is 5.75. The number of hydrogen-bond donors (Lipinski definition) is 2. The van der Waals surface area contributed by atoms with Gasteiger partial charge in [-0.25, -0.2) is 4.39 Å². The van der Waals surface area contributed by atoms with Crippen LogP contribution >= 0.6 is 0 Å². The Labute approximate surface area is 101 Å². The molecule has 17 heavy (non-hydrogen) atoms. The Morgan fingerprint density at radius 1 is 1.35 bits per heavy atom. The molecule has 0 fully saturated rings. The van der Waals surface area contributed by atoms with Crippen molar-refractivity contribution in [3.05, 3.63) is 35.6 Å². The third-order valence-corrected chi connectivity index (χ3v) is 2.69. The van der Waals surface area contributed by atoms with Crippen LogP contribution in [0.3, 0.4) is 0 Å². The van der Waals surface area contributed by atoms with E-state index in [9.17, 15) is 9.18 Å². The highest BCUT2D eigenvalue weighted by molar-refractivity contribution is 5.78. The smallest absolute Gasteiger partial charge is 0.224 e.